The van der Waals surface area contributed by atoms with Crippen molar-refractivity contribution in [3.05, 3.63) is 34.8 Å². The van der Waals surface area contributed by atoms with E-state index >= 15 is 0 Å². The summed E-state index contributed by atoms with van der Waals surface area (Å²) in [7, 11) is 0. The third-order valence-corrected chi connectivity index (χ3v) is 2.59. The molecule has 102 valence electrons. The monoisotopic (exact) mass is 271 g/mol. The first-order valence-electron chi connectivity index (χ1n) is 5.52. The summed E-state index contributed by atoms with van der Waals surface area (Å²) in [6.45, 7) is 3.45. The van der Waals surface area contributed by atoms with Crippen LogP contribution in [0.5, 0.6) is 0 Å². The van der Waals surface area contributed by atoms with Gasteiger partial charge in [0.25, 0.3) is 0 Å². The maximum atomic E-state index is 12.8. The summed E-state index contributed by atoms with van der Waals surface area (Å²) in [5, 5.41) is 16.3. The van der Waals surface area contributed by atoms with Gasteiger partial charge in [0.05, 0.1) is 24.1 Å². The van der Waals surface area contributed by atoms with Crippen molar-refractivity contribution in [1.29, 1.82) is 0 Å². The number of H-pyrrole nitrogens is 1. The maximum Gasteiger partial charge on any atom is 0.420 e. The molecule has 2 N–H and O–H groups in total. The fourth-order valence-electron chi connectivity index (χ4n) is 1.56. The Hall–Kier alpha value is -2.12. The van der Waals surface area contributed by atoms with Crippen molar-refractivity contribution in [3.63, 3.8) is 0 Å². The van der Waals surface area contributed by atoms with Crippen molar-refractivity contribution in [2.75, 3.05) is 5.32 Å². The first-order chi connectivity index (χ1) is 8.88. The van der Waals surface area contributed by atoms with Gasteiger partial charge >= 0.3 is 6.18 Å². The summed E-state index contributed by atoms with van der Waals surface area (Å²) >= 11 is 0. The minimum absolute atomic E-state index is 0.173. The summed E-state index contributed by atoms with van der Waals surface area (Å²) in [5.41, 5.74) is 0.962. The normalized spacial score (nSPS) is 11.6. The lowest BCUT2D eigenvalue weighted by molar-refractivity contribution is -0.137. The molecular weight excluding hydrogens is 259 g/mol. The lowest BCUT2D eigenvalue weighted by Crippen LogP contribution is -2.14. The molecule has 0 saturated carbocycles. The van der Waals surface area contributed by atoms with E-state index in [1.54, 1.807) is 6.20 Å². The Kier molecular flexibility index (Phi) is 3.41. The van der Waals surface area contributed by atoms with Crippen molar-refractivity contribution in [3.8, 4) is 0 Å². The predicted octanol–water partition coefficient (Wildman–Crippen LogP) is 2.45. The largest absolute Gasteiger partial charge is 0.420 e. The molecule has 0 aliphatic rings. The Morgan fingerprint density at radius 1 is 1.26 bits per heavy atom. The van der Waals surface area contributed by atoms with Gasteiger partial charge in [-0.1, -0.05) is 0 Å². The highest BCUT2D eigenvalue weighted by atomic mass is 19.4. The zero-order valence-corrected chi connectivity index (χ0v) is 10.3. The average Bonchev–Trinajstić information content (AvgIpc) is 2.72. The second-order valence-corrected chi connectivity index (χ2v) is 4.13. The highest BCUT2D eigenvalue weighted by Gasteiger charge is 2.35. The van der Waals surface area contributed by atoms with Crippen LogP contribution in [0.2, 0.25) is 0 Å². The average molecular weight is 271 g/mol. The number of aromatic nitrogens is 4. The van der Waals surface area contributed by atoms with Gasteiger partial charge in [-0.25, -0.2) is 0 Å². The molecule has 0 amide bonds. The van der Waals surface area contributed by atoms with E-state index in [9.17, 15) is 13.2 Å². The van der Waals surface area contributed by atoms with Crippen molar-refractivity contribution < 1.29 is 13.2 Å². The molecule has 0 saturated heterocycles. The number of aromatic amines is 1. The number of aryl methyl sites for hydroxylation is 2. The van der Waals surface area contributed by atoms with E-state index in [0.717, 1.165) is 11.6 Å². The predicted molar refractivity (Wildman–Crippen MR) is 62.4 cm³/mol. The van der Waals surface area contributed by atoms with Gasteiger partial charge < -0.3 is 5.32 Å². The van der Waals surface area contributed by atoms with Crippen LogP contribution in [0.4, 0.5) is 19.0 Å². The summed E-state index contributed by atoms with van der Waals surface area (Å²) in [6, 6.07) is 0.967. The standard InChI is InChI=1S/C11H12F3N5/c1-6-4-16-18-9(6)5-15-10-8(11(12,13)14)3-7(2)17-19-10/h3-4H,5H2,1-2H3,(H,15,19)(H,16,18). The van der Waals surface area contributed by atoms with Crippen LogP contribution in [-0.2, 0) is 12.7 Å². The topological polar surface area (TPSA) is 66.5 Å². The number of nitrogens with zero attached hydrogens (tertiary/aromatic N) is 3. The van der Waals surface area contributed by atoms with E-state index in [1.807, 2.05) is 6.92 Å². The number of alkyl halides is 3. The van der Waals surface area contributed by atoms with E-state index in [0.29, 0.717) is 5.69 Å². The van der Waals surface area contributed by atoms with Crippen LogP contribution in [0.3, 0.4) is 0 Å². The van der Waals surface area contributed by atoms with E-state index < -0.39 is 11.7 Å². The molecule has 0 aromatic carbocycles. The van der Waals surface area contributed by atoms with Gasteiger partial charge in [0.15, 0.2) is 5.82 Å². The molecule has 0 bridgehead atoms. The fourth-order valence-corrected chi connectivity index (χ4v) is 1.56. The molecule has 0 unspecified atom stereocenters. The third-order valence-electron chi connectivity index (χ3n) is 2.59. The molecule has 0 spiro atoms. The van der Waals surface area contributed by atoms with Gasteiger partial charge in [-0.2, -0.15) is 23.4 Å². The van der Waals surface area contributed by atoms with Crippen LogP contribution in [0.25, 0.3) is 0 Å². The SMILES string of the molecule is Cc1cc(C(F)(F)F)c(NCc2[nH]ncc2C)nn1. The highest BCUT2D eigenvalue weighted by molar-refractivity contribution is 5.45. The van der Waals surface area contributed by atoms with Gasteiger partial charge in [0.1, 0.15) is 5.56 Å². The maximum absolute atomic E-state index is 12.8. The second kappa shape index (κ2) is 4.87. The minimum Gasteiger partial charge on any atom is -0.362 e. The molecule has 2 rings (SSSR count). The van der Waals surface area contributed by atoms with Gasteiger partial charge in [-0.15, -0.1) is 5.10 Å². The molecule has 2 aromatic heterocycles. The van der Waals surface area contributed by atoms with E-state index in [2.05, 4.69) is 25.7 Å². The molecule has 0 aliphatic carbocycles. The molecule has 0 radical (unpaired) electrons. The smallest absolute Gasteiger partial charge is 0.362 e. The van der Waals surface area contributed by atoms with Crippen LogP contribution < -0.4 is 5.32 Å². The number of halogens is 3. The summed E-state index contributed by atoms with van der Waals surface area (Å²) in [5.74, 6) is -0.285. The molecular formula is C11H12F3N5. The molecule has 2 heterocycles. The summed E-state index contributed by atoms with van der Waals surface area (Å²) in [6.07, 6.45) is -2.87. The lowest BCUT2D eigenvalue weighted by Gasteiger charge is -2.13. The molecule has 5 nitrogen and oxygen atoms in total. The van der Waals surface area contributed by atoms with Crippen LogP contribution in [0.15, 0.2) is 12.3 Å². The van der Waals surface area contributed by atoms with E-state index in [-0.39, 0.29) is 18.1 Å². The first kappa shape index (κ1) is 13.3. The molecule has 2 aromatic rings. The van der Waals surface area contributed by atoms with E-state index in [1.165, 1.54) is 6.92 Å². The molecule has 0 fully saturated rings. The van der Waals surface area contributed by atoms with Crippen LogP contribution in [0, 0.1) is 13.8 Å². The summed E-state index contributed by atoms with van der Waals surface area (Å²) in [4.78, 5) is 0. The van der Waals surface area contributed by atoms with Crippen LogP contribution >= 0.6 is 0 Å². The van der Waals surface area contributed by atoms with Gasteiger partial charge in [-0.05, 0) is 25.5 Å². The Bertz CT molecular complexity index is 576. The van der Waals surface area contributed by atoms with Crippen molar-refractivity contribution in [2.45, 2.75) is 26.6 Å². The zero-order valence-electron chi connectivity index (χ0n) is 10.3. The fraction of sp³-hybridized carbons (Fsp3) is 0.364. The molecule has 19 heavy (non-hydrogen) atoms. The quantitative estimate of drug-likeness (QED) is 0.899. The minimum atomic E-state index is -4.47. The second-order valence-electron chi connectivity index (χ2n) is 4.13. The van der Waals surface area contributed by atoms with Crippen LogP contribution in [0.1, 0.15) is 22.5 Å². The van der Waals surface area contributed by atoms with Gasteiger partial charge in [-0.3, -0.25) is 5.10 Å². The number of rotatable bonds is 3. The number of hydrogen-bond donors (Lipinski definition) is 2. The molecule has 0 atom stereocenters. The van der Waals surface area contributed by atoms with Crippen molar-refractivity contribution >= 4 is 5.82 Å². The number of anilines is 1. The molecule has 8 heteroatoms. The van der Waals surface area contributed by atoms with Crippen molar-refractivity contribution in [1.82, 2.24) is 20.4 Å². The Morgan fingerprint density at radius 3 is 2.58 bits per heavy atom. The van der Waals surface area contributed by atoms with Gasteiger partial charge in [0.2, 0.25) is 0 Å². The summed E-state index contributed by atoms with van der Waals surface area (Å²) < 4.78 is 38.5. The highest BCUT2D eigenvalue weighted by Crippen LogP contribution is 2.33. The Balaban J connectivity index is 2.23. The zero-order chi connectivity index (χ0) is 14.0. The first-order valence-corrected chi connectivity index (χ1v) is 5.52. The van der Waals surface area contributed by atoms with Crippen molar-refractivity contribution in [2.24, 2.45) is 0 Å². The third kappa shape index (κ3) is 3.01. The Labute approximate surface area is 107 Å². The lowest BCUT2D eigenvalue weighted by atomic mass is 10.2. The van der Waals surface area contributed by atoms with Gasteiger partial charge in [0, 0.05) is 0 Å². The number of nitrogens with one attached hydrogen (secondary N) is 2. The number of hydrogen-bond acceptors (Lipinski definition) is 4. The Morgan fingerprint density at radius 2 is 2.00 bits per heavy atom. The van der Waals surface area contributed by atoms with E-state index in [4.69, 9.17) is 0 Å². The molecule has 0 aliphatic heterocycles. The van der Waals surface area contributed by atoms with Crippen LogP contribution in [-0.4, -0.2) is 20.4 Å².